The fourth-order valence-corrected chi connectivity index (χ4v) is 4.41. The number of amides is 1. The Morgan fingerprint density at radius 1 is 1.13 bits per heavy atom. The number of hydrogen-bond donors (Lipinski definition) is 1. The van der Waals surface area contributed by atoms with Crippen molar-refractivity contribution in [3.63, 3.8) is 0 Å². The van der Waals surface area contributed by atoms with E-state index in [2.05, 4.69) is 19.2 Å². The topological polar surface area (TPSA) is 81.7 Å². The zero-order valence-corrected chi connectivity index (χ0v) is 18.3. The van der Waals surface area contributed by atoms with E-state index in [1.54, 1.807) is 6.92 Å². The molecule has 0 radical (unpaired) electrons. The Morgan fingerprint density at radius 2 is 1.83 bits per heavy atom. The predicted octanol–water partition coefficient (Wildman–Crippen LogP) is 4.34. The molecule has 1 heterocycles. The molecule has 0 spiro atoms. The Balaban J connectivity index is 1.64. The van der Waals surface area contributed by atoms with Gasteiger partial charge in [-0.25, -0.2) is 4.79 Å². The largest absolute Gasteiger partial charge is 0.462 e. The minimum absolute atomic E-state index is 0.252. The Bertz CT molecular complexity index is 915. The Labute approximate surface area is 180 Å². The molecule has 30 heavy (non-hydrogen) atoms. The van der Waals surface area contributed by atoms with Crippen LogP contribution in [0.2, 0.25) is 0 Å². The highest BCUT2D eigenvalue weighted by atomic mass is 32.1. The third-order valence-electron chi connectivity index (χ3n) is 5.03. The number of nitrogens with one attached hydrogen (secondary N) is 1. The Kier molecular flexibility index (Phi) is 6.92. The zero-order valence-electron chi connectivity index (χ0n) is 17.5. The molecule has 6 nitrogen and oxygen atoms in total. The molecule has 1 amide bonds. The first-order valence-electron chi connectivity index (χ1n) is 10.2. The summed E-state index contributed by atoms with van der Waals surface area (Å²) in [7, 11) is 0. The molecule has 1 fully saturated rings. The number of esters is 2. The van der Waals surface area contributed by atoms with Crippen LogP contribution >= 0.6 is 11.3 Å². The van der Waals surface area contributed by atoms with Crippen molar-refractivity contribution in [1.82, 2.24) is 0 Å². The first kappa shape index (κ1) is 22.0. The monoisotopic (exact) mass is 429 g/mol. The number of carbonyl (C=O) groups excluding carboxylic acids is 3. The zero-order chi connectivity index (χ0) is 21.7. The smallest absolute Gasteiger partial charge is 0.341 e. The van der Waals surface area contributed by atoms with E-state index >= 15 is 0 Å². The van der Waals surface area contributed by atoms with Crippen LogP contribution in [-0.2, 0) is 30.9 Å². The average molecular weight is 430 g/mol. The van der Waals surface area contributed by atoms with Crippen molar-refractivity contribution in [2.45, 2.75) is 45.4 Å². The molecule has 2 aromatic rings. The van der Waals surface area contributed by atoms with E-state index in [1.807, 2.05) is 35.7 Å². The van der Waals surface area contributed by atoms with Gasteiger partial charge in [0.05, 0.1) is 17.6 Å². The second-order valence-corrected chi connectivity index (χ2v) is 8.74. The van der Waals surface area contributed by atoms with Crippen molar-refractivity contribution in [2.24, 2.45) is 5.92 Å². The molecule has 1 aliphatic rings. The minimum Gasteiger partial charge on any atom is -0.462 e. The lowest BCUT2D eigenvalue weighted by atomic mass is 9.96. The van der Waals surface area contributed by atoms with Crippen LogP contribution in [0.3, 0.4) is 0 Å². The van der Waals surface area contributed by atoms with Gasteiger partial charge in [-0.2, -0.15) is 0 Å². The van der Waals surface area contributed by atoms with Gasteiger partial charge in [-0.3, -0.25) is 9.59 Å². The maximum Gasteiger partial charge on any atom is 0.341 e. The lowest BCUT2D eigenvalue weighted by molar-refractivity contribution is -0.150. The van der Waals surface area contributed by atoms with Gasteiger partial charge < -0.3 is 14.8 Å². The number of carbonyl (C=O) groups is 3. The molecule has 160 valence electrons. The van der Waals surface area contributed by atoms with Gasteiger partial charge in [-0.1, -0.05) is 44.2 Å². The maximum atomic E-state index is 12.6. The molecule has 0 bridgehead atoms. The highest BCUT2D eigenvalue weighted by Crippen LogP contribution is 2.49. The quantitative estimate of drug-likeness (QED) is 0.600. The molecule has 1 aliphatic carbocycles. The number of hydrogen-bond acceptors (Lipinski definition) is 6. The molecule has 0 unspecified atom stereocenters. The molecular formula is C23H27NO5S. The first-order valence-corrected chi connectivity index (χ1v) is 11.1. The third kappa shape index (κ3) is 4.90. The van der Waals surface area contributed by atoms with E-state index < -0.39 is 23.9 Å². The number of anilines is 1. The van der Waals surface area contributed by atoms with Crippen molar-refractivity contribution in [3.8, 4) is 0 Å². The standard InChI is InChI=1S/C23H27NO5S/c1-4-28-21(26)19-16(12-15(2)3)14-30-20(19)24-18(25)13-29-22(27)23(10-11-23)17-8-6-5-7-9-17/h5-9,14-15H,4,10-13H2,1-3H3,(H,24,25). The minimum atomic E-state index is -0.634. The molecule has 1 aromatic carbocycles. The van der Waals surface area contributed by atoms with Gasteiger partial charge in [-0.05, 0) is 48.6 Å². The van der Waals surface area contributed by atoms with E-state index in [4.69, 9.17) is 9.47 Å². The number of rotatable bonds is 9. The van der Waals surface area contributed by atoms with E-state index in [1.165, 1.54) is 11.3 Å². The highest BCUT2D eigenvalue weighted by Gasteiger charge is 2.52. The average Bonchev–Trinajstić information content (AvgIpc) is 3.44. The van der Waals surface area contributed by atoms with Crippen molar-refractivity contribution in [2.75, 3.05) is 18.5 Å². The number of ether oxygens (including phenoxy) is 2. The van der Waals surface area contributed by atoms with Crippen LogP contribution in [0.25, 0.3) is 0 Å². The molecule has 3 rings (SSSR count). The van der Waals surface area contributed by atoms with Gasteiger partial charge in [0.15, 0.2) is 6.61 Å². The second kappa shape index (κ2) is 9.43. The lowest BCUT2D eigenvalue weighted by Gasteiger charge is -2.15. The van der Waals surface area contributed by atoms with Crippen molar-refractivity contribution < 1.29 is 23.9 Å². The molecule has 1 aromatic heterocycles. The van der Waals surface area contributed by atoms with E-state index in [9.17, 15) is 14.4 Å². The summed E-state index contributed by atoms with van der Waals surface area (Å²) in [5.41, 5.74) is 1.52. The molecule has 7 heteroatoms. The van der Waals surface area contributed by atoms with Gasteiger partial charge in [0.1, 0.15) is 5.00 Å². The predicted molar refractivity (Wildman–Crippen MR) is 116 cm³/mol. The summed E-state index contributed by atoms with van der Waals surface area (Å²) in [4.78, 5) is 37.4. The molecule has 0 aliphatic heterocycles. The molecule has 1 saturated carbocycles. The summed E-state index contributed by atoms with van der Waals surface area (Å²) in [5, 5.41) is 5.00. The maximum absolute atomic E-state index is 12.6. The van der Waals surface area contributed by atoms with Crippen molar-refractivity contribution in [3.05, 3.63) is 52.4 Å². The van der Waals surface area contributed by atoms with Crippen LogP contribution in [0.1, 0.15) is 55.1 Å². The molecule has 1 N–H and O–H groups in total. The van der Waals surface area contributed by atoms with Crippen molar-refractivity contribution in [1.29, 1.82) is 0 Å². The van der Waals surface area contributed by atoms with E-state index in [0.29, 0.717) is 35.7 Å². The Morgan fingerprint density at radius 3 is 2.43 bits per heavy atom. The second-order valence-electron chi connectivity index (χ2n) is 7.86. The summed E-state index contributed by atoms with van der Waals surface area (Å²) in [6.07, 6.45) is 2.14. The van der Waals surface area contributed by atoms with Gasteiger partial charge in [0.2, 0.25) is 0 Å². The van der Waals surface area contributed by atoms with E-state index in [-0.39, 0.29) is 12.6 Å². The SMILES string of the molecule is CCOC(=O)c1c(CC(C)C)csc1NC(=O)COC(=O)C1(c2ccccc2)CC1. The van der Waals surface area contributed by atoms with Gasteiger partial charge in [0, 0.05) is 0 Å². The van der Waals surface area contributed by atoms with Gasteiger partial charge >= 0.3 is 11.9 Å². The lowest BCUT2D eigenvalue weighted by Crippen LogP contribution is -2.28. The van der Waals surface area contributed by atoms with Crippen LogP contribution in [0.15, 0.2) is 35.7 Å². The molecule has 0 saturated heterocycles. The molecule has 0 atom stereocenters. The fourth-order valence-electron chi connectivity index (χ4n) is 3.43. The normalized spacial score (nSPS) is 14.3. The van der Waals surface area contributed by atoms with Crippen LogP contribution in [0.5, 0.6) is 0 Å². The third-order valence-corrected chi connectivity index (χ3v) is 5.97. The van der Waals surface area contributed by atoms with E-state index in [0.717, 1.165) is 11.1 Å². The van der Waals surface area contributed by atoms with Gasteiger partial charge in [-0.15, -0.1) is 11.3 Å². The van der Waals surface area contributed by atoms with Crippen LogP contribution in [-0.4, -0.2) is 31.1 Å². The van der Waals surface area contributed by atoms with Crippen LogP contribution in [0, 0.1) is 5.92 Å². The number of thiophene rings is 1. The van der Waals surface area contributed by atoms with Crippen molar-refractivity contribution >= 4 is 34.2 Å². The Hall–Kier alpha value is -2.67. The highest BCUT2D eigenvalue weighted by molar-refractivity contribution is 7.15. The summed E-state index contributed by atoms with van der Waals surface area (Å²) < 4.78 is 10.5. The first-order chi connectivity index (χ1) is 14.4. The summed E-state index contributed by atoms with van der Waals surface area (Å²) in [6.45, 7) is 5.72. The van der Waals surface area contributed by atoms with Crippen LogP contribution < -0.4 is 5.32 Å². The van der Waals surface area contributed by atoms with Gasteiger partial charge in [0.25, 0.3) is 5.91 Å². The molecular weight excluding hydrogens is 402 g/mol. The summed E-state index contributed by atoms with van der Waals surface area (Å²) in [6, 6.07) is 9.48. The van der Waals surface area contributed by atoms with Crippen LogP contribution in [0.4, 0.5) is 5.00 Å². The fraction of sp³-hybridized carbons (Fsp3) is 0.435. The summed E-state index contributed by atoms with van der Waals surface area (Å²) in [5.74, 6) is -0.968. The summed E-state index contributed by atoms with van der Waals surface area (Å²) >= 11 is 1.28. The number of benzene rings is 1.